The largest absolute Gasteiger partial charge is 0.421 e. The maximum absolute atomic E-state index is 12.8. The van der Waals surface area contributed by atoms with Gasteiger partial charge in [0.1, 0.15) is 11.4 Å². The number of likely N-dealkylation sites (tertiary alicyclic amines) is 1. The fourth-order valence-corrected chi connectivity index (χ4v) is 2.27. The molecular weight excluding hydrogens is 283 g/mol. The average molecular weight is 301 g/mol. The van der Waals surface area contributed by atoms with Crippen LogP contribution >= 0.6 is 0 Å². The number of alkyl halides is 3. The maximum Gasteiger partial charge on any atom is 0.421 e. The SMILES string of the molecule is C=C1CCCN1CCCNc1nc(N)ncc1C(F)(F)F. The Morgan fingerprint density at radius 3 is 2.81 bits per heavy atom. The predicted octanol–water partition coefficient (Wildman–Crippen LogP) is 2.49. The molecule has 0 radical (unpaired) electrons. The molecule has 0 aliphatic carbocycles. The molecule has 0 amide bonds. The summed E-state index contributed by atoms with van der Waals surface area (Å²) in [6, 6.07) is 0. The first kappa shape index (κ1) is 15.4. The van der Waals surface area contributed by atoms with Crippen LogP contribution < -0.4 is 11.1 Å². The van der Waals surface area contributed by atoms with E-state index in [0.717, 1.165) is 31.6 Å². The molecule has 0 aromatic carbocycles. The molecule has 116 valence electrons. The van der Waals surface area contributed by atoms with Gasteiger partial charge < -0.3 is 16.0 Å². The van der Waals surface area contributed by atoms with Crippen LogP contribution in [0, 0.1) is 0 Å². The summed E-state index contributed by atoms with van der Waals surface area (Å²) >= 11 is 0. The second-order valence-electron chi connectivity index (χ2n) is 4.93. The number of allylic oxidation sites excluding steroid dienone is 1. The van der Waals surface area contributed by atoms with Gasteiger partial charge in [-0.2, -0.15) is 18.2 Å². The van der Waals surface area contributed by atoms with Crippen LogP contribution in [0.5, 0.6) is 0 Å². The van der Waals surface area contributed by atoms with Crippen molar-refractivity contribution in [1.82, 2.24) is 14.9 Å². The van der Waals surface area contributed by atoms with Crippen LogP contribution in [0.2, 0.25) is 0 Å². The van der Waals surface area contributed by atoms with Gasteiger partial charge in [0.25, 0.3) is 0 Å². The van der Waals surface area contributed by atoms with Crippen LogP contribution in [0.1, 0.15) is 24.8 Å². The van der Waals surface area contributed by atoms with Crippen molar-refractivity contribution in [3.8, 4) is 0 Å². The van der Waals surface area contributed by atoms with Crippen LogP contribution in [0.4, 0.5) is 24.9 Å². The minimum atomic E-state index is -4.50. The van der Waals surface area contributed by atoms with Gasteiger partial charge >= 0.3 is 6.18 Å². The van der Waals surface area contributed by atoms with Gasteiger partial charge in [0.2, 0.25) is 5.95 Å². The Bertz CT molecular complexity index is 515. The first-order valence-electron chi connectivity index (χ1n) is 6.74. The molecule has 1 fully saturated rings. The van der Waals surface area contributed by atoms with Gasteiger partial charge in [-0.25, -0.2) is 4.98 Å². The summed E-state index contributed by atoms with van der Waals surface area (Å²) in [4.78, 5) is 9.18. The normalized spacial score (nSPS) is 15.6. The second-order valence-corrected chi connectivity index (χ2v) is 4.93. The van der Waals surface area contributed by atoms with Crippen molar-refractivity contribution < 1.29 is 13.2 Å². The third kappa shape index (κ3) is 3.99. The molecule has 1 saturated heterocycles. The number of anilines is 2. The van der Waals surface area contributed by atoms with Crippen LogP contribution in [0.15, 0.2) is 18.5 Å². The Morgan fingerprint density at radius 2 is 2.19 bits per heavy atom. The summed E-state index contributed by atoms with van der Waals surface area (Å²) in [6.07, 6.45) is -1.02. The van der Waals surface area contributed by atoms with Crippen molar-refractivity contribution in [1.29, 1.82) is 0 Å². The summed E-state index contributed by atoms with van der Waals surface area (Å²) in [6.45, 7) is 6.07. The van der Waals surface area contributed by atoms with E-state index < -0.39 is 11.7 Å². The van der Waals surface area contributed by atoms with Crippen LogP contribution in [-0.2, 0) is 6.18 Å². The average Bonchev–Trinajstić information content (AvgIpc) is 2.79. The Morgan fingerprint density at radius 1 is 1.43 bits per heavy atom. The van der Waals surface area contributed by atoms with Gasteiger partial charge in [-0.3, -0.25) is 0 Å². The Hall–Kier alpha value is -1.99. The van der Waals surface area contributed by atoms with E-state index in [1.807, 2.05) is 0 Å². The molecular formula is C13H18F3N5. The van der Waals surface area contributed by atoms with E-state index in [1.165, 1.54) is 0 Å². The van der Waals surface area contributed by atoms with Crippen LogP contribution in [0.3, 0.4) is 0 Å². The van der Waals surface area contributed by atoms with E-state index in [2.05, 4.69) is 26.8 Å². The van der Waals surface area contributed by atoms with Crippen LogP contribution in [-0.4, -0.2) is 34.5 Å². The van der Waals surface area contributed by atoms with Gasteiger partial charge in [0.15, 0.2) is 0 Å². The molecule has 1 aromatic heterocycles. The Kier molecular flexibility index (Phi) is 4.54. The topological polar surface area (TPSA) is 67.1 Å². The summed E-state index contributed by atoms with van der Waals surface area (Å²) in [5.41, 5.74) is 5.54. The molecule has 0 saturated carbocycles. The number of nitrogens with two attached hydrogens (primary N) is 1. The van der Waals surface area contributed by atoms with Gasteiger partial charge in [-0.05, 0) is 19.3 Å². The molecule has 0 spiro atoms. The number of nitrogens with one attached hydrogen (secondary N) is 1. The summed E-state index contributed by atoms with van der Waals surface area (Å²) in [5, 5.41) is 2.69. The number of nitrogens with zero attached hydrogens (tertiary/aromatic N) is 3. The molecule has 0 unspecified atom stereocenters. The monoisotopic (exact) mass is 301 g/mol. The molecule has 21 heavy (non-hydrogen) atoms. The first-order chi connectivity index (χ1) is 9.88. The van der Waals surface area contributed by atoms with Crippen LogP contribution in [0.25, 0.3) is 0 Å². The van der Waals surface area contributed by atoms with E-state index >= 15 is 0 Å². The Labute approximate surface area is 121 Å². The van der Waals surface area contributed by atoms with Crippen molar-refractivity contribution in [2.75, 3.05) is 30.7 Å². The highest BCUT2D eigenvalue weighted by Crippen LogP contribution is 2.33. The third-order valence-electron chi connectivity index (χ3n) is 3.35. The Balaban J connectivity index is 1.90. The highest BCUT2D eigenvalue weighted by atomic mass is 19.4. The molecule has 1 aliphatic rings. The number of hydrogen-bond acceptors (Lipinski definition) is 5. The van der Waals surface area contributed by atoms with Crippen molar-refractivity contribution in [2.45, 2.75) is 25.4 Å². The molecule has 3 N–H and O–H groups in total. The molecule has 0 bridgehead atoms. The van der Waals surface area contributed by atoms with Gasteiger partial charge in [0.05, 0.1) is 0 Å². The molecule has 1 aromatic rings. The lowest BCUT2D eigenvalue weighted by atomic mass is 10.3. The zero-order valence-corrected chi connectivity index (χ0v) is 11.6. The number of nitrogen functional groups attached to an aromatic ring is 1. The van der Waals surface area contributed by atoms with Crippen molar-refractivity contribution in [3.05, 3.63) is 24.0 Å². The number of rotatable bonds is 5. The molecule has 0 atom stereocenters. The number of hydrogen-bond donors (Lipinski definition) is 2. The quantitative estimate of drug-likeness (QED) is 0.818. The molecule has 2 heterocycles. The highest BCUT2D eigenvalue weighted by Gasteiger charge is 2.35. The minimum absolute atomic E-state index is 0.182. The van der Waals surface area contributed by atoms with E-state index in [-0.39, 0.29) is 11.8 Å². The van der Waals surface area contributed by atoms with E-state index in [0.29, 0.717) is 19.2 Å². The third-order valence-corrected chi connectivity index (χ3v) is 3.35. The number of aromatic nitrogens is 2. The molecule has 2 rings (SSSR count). The van der Waals surface area contributed by atoms with Crippen molar-refractivity contribution in [2.24, 2.45) is 0 Å². The highest BCUT2D eigenvalue weighted by molar-refractivity contribution is 5.47. The maximum atomic E-state index is 12.8. The first-order valence-corrected chi connectivity index (χ1v) is 6.74. The second kappa shape index (κ2) is 6.19. The fraction of sp³-hybridized carbons (Fsp3) is 0.538. The van der Waals surface area contributed by atoms with E-state index in [9.17, 15) is 13.2 Å². The van der Waals surface area contributed by atoms with Crippen molar-refractivity contribution >= 4 is 11.8 Å². The lowest BCUT2D eigenvalue weighted by Crippen LogP contribution is -2.21. The fourth-order valence-electron chi connectivity index (χ4n) is 2.27. The molecule has 1 aliphatic heterocycles. The van der Waals surface area contributed by atoms with Gasteiger partial charge in [-0.1, -0.05) is 6.58 Å². The van der Waals surface area contributed by atoms with E-state index in [1.54, 1.807) is 0 Å². The van der Waals surface area contributed by atoms with E-state index in [4.69, 9.17) is 5.73 Å². The van der Waals surface area contributed by atoms with Gasteiger partial charge in [0, 0.05) is 31.5 Å². The summed E-state index contributed by atoms with van der Waals surface area (Å²) in [5.74, 6) is -0.450. The number of halogens is 3. The zero-order chi connectivity index (χ0) is 15.5. The van der Waals surface area contributed by atoms with Gasteiger partial charge in [-0.15, -0.1) is 0 Å². The molecule has 5 nitrogen and oxygen atoms in total. The van der Waals surface area contributed by atoms with Crippen molar-refractivity contribution in [3.63, 3.8) is 0 Å². The standard InChI is InChI=1S/C13H18F3N5/c1-9-4-2-6-21(9)7-3-5-18-11-10(13(14,15)16)8-19-12(17)20-11/h8H,1-7H2,(H3,17,18,19,20). The summed E-state index contributed by atoms with van der Waals surface area (Å²) in [7, 11) is 0. The summed E-state index contributed by atoms with van der Waals surface area (Å²) < 4.78 is 38.4. The lowest BCUT2D eigenvalue weighted by molar-refractivity contribution is -0.137. The predicted molar refractivity (Wildman–Crippen MR) is 74.5 cm³/mol. The minimum Gasteiger partial charge on any atom is -0.375 e. The lowest BCUT2D eigenvalue weighted by Gasteiger charge is -2.19. The zero-order valence-electron chi connectivity index (χ0n) is 11.6. The smallest absolute Gasteiger partial charge is 0.375 e. The molecule has 8 heteroatoms.